The van der Waals surface area contributed by atoms with E-state index in [9.17, 15) is 0 Å². The van der Waals surface area contributed by atoms with Gasteiger partial charge in [0.25, 0.3) is 0 Å². The Hall–Kier alpha value is -2.83. The molecule has 6 aromatic rings. The molecule has 6 rings (SSSR count). The van der Waals surface area contributed by atoms with Crippen LogP contribution in [-0.4, -0.2) is 12.3 Å². The first-order valence-corrected chi connectivity index (χ1v) is 24.3. The minimum absolute atomic E-state index is 0.642. The zero-order chi connectivity index (χ0) is 31.3. The molecule has 6 aromatic carbocycles. The van der Waals surface area contributed by atoms with Crippen molar-refractivity contribution in [3.05, 3.63) is 193 Å². The van der Waals surface area contributed by atoms with Gasteiger partial charge in [-0.25, -0.2) is 0 Å². The Balaban J connectivity index is 1.59. The summed E-state index contributed by atoms with van der Waals surface area (Å²) in [4.78, 5) is 0. The first-order valence-electron chi connectivity index (χ1n) is 15.0. The molecule has 0 bridgehead atoms. The van der Waals surface area contributed by atoms with Crippen LogP contribution in [0.1, 0.15) is 0 Å². The molecule has 0 amide bonds. The monoisotopic (exact) mass is 770 g/mol. The summed E-state index contributed by atoms with van der Waals surface area (Å²) in [6.45, 7) is 0. The van der Waals surface area contributed by atoms with Gasteiger partial charge in [0.1, 0.15) is 0 Å². The maximum atomic E-state index is 7.60. The Morgan fingerprint density at radius 2 is 0.622 bits per heavy atom. The van der Waals surface area contributed by atoms with Crippen LogP contribution in [-0.2, 0) is 0 Å². The fourth-order valence-electron chi connectivity index (χ4n) is 6.54. The molecular weight excluding hydrogens is 738 g/mol. The fourth-order valence-corrected chi connectivity index (χ4v) is 22.4. The summed E-state index contributed by atoms with van der Waals surface area (Å²) in [5.74, 6) is 0. The number of halogens is 3. The van der Waals surface area contributed by atoms with E-state index in [1.54, 1.807) is 0 Å². The second-order valence-electron chi connectivity index (χ2n) is 11.4. The predicted molar refractivity (Wildman–Crippen MR) is 212 cm³/mol. The zero-order valence-electron chi connectivity index (χ0n) is 24.8. The van der Waals surface area contributed by atoms with Gasteiger partial charge in [0, 0.05) is 0 Å². The third-order valence-corrected chi connectivity index (χ3v) is 28.4. The summed E-state index contributed by atoms with van der Waals surface area (Å²) >= 11 is 16.8. The molecule has 0 saturated heterocycles. The van der Waals surface area contributed by atoms with E-state index in [2.05, 4.69) is 219 Å². The van der Waals surface area contributed by atoms with Crippen LogP contribution in [0.5, 0.6) is 0 Å². The van der Waals surface area contributed by atoms with Crippen LogP contribution in [0.15, 0.2) is 193 Å². The number of hydrogen-bond acceptors (Lipinski definition) is 0. The molecule has 0 aliphatic heterocycles. The van der Waals surface area contributed by atoms with E-state index in [1.165, 1.54) is 31.8 Å². The van der Waals surface area contributed by atoms with Gasteiger partial charge in [0.15, 0.2) is 0 Å². The van der Waals surface area contributed by atoms with Gasteiger partial charge < -0.3 is 0 Å². The third-order valence-electron chi connectivity index (χ3n) is 8.87. The van der Waals surface area contributed by atoms with Crippen molar-refractivity contribution in [2.45, 2.75) is 0 Å². The number of rotatable bonds is 10. The second-order valence-corrected chi connectivity index (χ2v) is 29.8. The molecule has 0 atom stereocenters. The number of hydrogen-bond donors (Lipinski definition) is 0. The summed E-state index contributed by atoms with van der Waals surface area (Å²) in [5.41, 5.74) is 0. The van der Waals surface area contributed by atoms with Gasteiger partial charge in [-0.1, -0.05) is 0 Å². The van der Waals surface area contributed by atoms with Gasteiger partial charge in [-0.3, -0.25) is 0 Å². The number of benzene rings is 6. The van der Waals surface area contributed by atoms with Crippen LogP contribution >= 0.6 is 53.2 Å². The van der Waals surface area contributed by atoms with E-state index in [-0.39, 0.29) is 0 Å². The van der Waals surface area contributed by atoms with E-state index in [4.69, 9.17) is 11.6 Å². The molecule has 5 heteroatoms. The van der Waals surface area contributed by atoms with Crippen molar-refractivity contribution in [3.8, 4) is 0 Å². The Morgan fingerprint density at radius 3 is 0.867 bits per heavy atom. The molecule has 0 heterocycles. The summed E-state index contributed by atoms with van der Waals surface area (Å²) < 4.78 is 0. The van der Waals surface area contributed by atoms with Crippen molar-refractivity contribution < 1.29 is 0 Å². The molecule has 0 nitrogen and oxygen atoms in total. The predicted octanol–water partition coefficient (Wildman–Crippen LogP) is 9.79. The number of allylic oxidation sites excluding steroid dienone is 2. The van der Waals surface area contributed by atoms with Gasteiger partial charge in [0.05, 0.1) is 0 Å². The van der Waals surface area contributed by atoms with Gasteiger partial charge in [0.2, 0.25) is 0 Å². The van der Waals surface area contributed by atoms with Crippen molar-refractivity contribution in [1.82, 2.24) is 0 Å². The Labute approximate surface area is 288 Å². The molecule has 45 heavy (non-hydrogen) atoms. The fraction of sp³-hybridized carbons (Fsp3) is 0.0500. The summed E-state index contributed by atoms with van der Waals surface area (Å²) in [7, 11) is 0. The van der Waals surface area contributed by atoms with Crippen LogP contribution in [0.2, 0.25) is 0 Å². The third kappa shape index (κ3) is 5.60. The minimum atomic E-state index is -3.26. The zero-order valence-corrected chi connectivity index (χ0v) is 30.6. The van der Waals surface area contributed by atoms with Gasteiger partial charge in [-0.2, -0.15) is 0 Å². The molecule has 0 saturated carbocycles. The molecule has 0 spiro atoms. The summed E-state index contributed by atoms with van der Waals surface area (Å²) in [6, 6.07) is 65.2. The van der Waals surface area contributed by atoms with Crippen LogP contribution in [0, 0.1) is 0 Å². The first-order chi connectivity index (χ1) is 21.9. The van der Waals surface area contributed by atoms with E-state index < -0.39 is 10.6 Å². The van der Waals surface area contributed by atoms with E-state index >= 15 is 0 Å². The average molecular weight is 773 g/mol. The Kier molecular flexibility index (Phi) is 9.36. The van der Waals surface area contributed by atoms with E-state index in [1.807, 2.05) is 0 Å². The Morgan fingerprint density at radius 1 is 0.400 bits per heavy atom. The van der Waals surface area contributed by atoms with Gasteiger partial charge in [-0.15, -0.1) is 0 Å². The molecule has 0 fully saturated rings. The molecule has 226 valence electrons. The van der Waals surface area contributed by atoms with Crippen molar-refractivity contribution in [3.63, 3.8) is 0 Å². The molecular formula is C40H35Br2ClP2. The standard InChI is InChI=1S/C40H35Br2ClP2/c41-44(35-19-7-1-8-20-35,36-21-9-2-10-22-36,37-23-11-3-12-24-37)32-31-34(43)33-45(42,38-25-13-4-14-26-38,39-27-15-5-16-28-39)40-29-17-6-18-30-40/h1-31H,32-33H2. The molecule has 0 aromatic heterocycles. The second kappa shape index (κ2) is 13.1. The van der Waals surface area contributed by atoms with Gasteiger partial charge >= 0.3 is 290 Å². The quantitative estimate of drug-likeness (QED) is 0.122. The maximum absolute atomic E-state index is 7.60. The normalized spacial score (nSPS) is 14.1. The Bertz CT molecular complexity index is 1680. The van der Waals surface area contributed by atoms with Crippen molar-refractivity contribution in [1.29, 1.82) is 0 Å². The molecule has 0 radical (unpaired) electrons. The SMILES string of the molecule is ClC(=CCP(Br)(c1ccccc1)(c1ccccc1)c1ccccc1)CP(Br)(c1ccccc1)(c1ccccc1)c1ccccc1. The topological polar surface area (TPSA) is 0 Å². The summed E-state index contributed by atoms with van der Waals surface area (Å²) in [5, 5.41) is 1.93. The molecule has 0 aliphatic carbocycles. The van der Waals surface area contributed by atoms with Crippen molar-refractivity contribution in [2.24, 2.45) is 0 Å². The van der Waals surface area contributed by atoms with Crippen LogP contribution in [0.4, 0.5) is 0 Å². The molecule has 0 aliphatic rings. The molecule has 0 unspecified atom stereocenters. The van der Waals surface area contributed by atoms with Crippen LogP contribution < -0.4 is 31.8 Å². The van der Waals surface area contributed by atoms with Crippen LogP contribution in [0.25, 0.3) is 0 Å². The van der Waals surface area contributed by atoms with Crippen molar-refractivity contribution >= 4 is 85.0 Å². The van der Waals surface area contributed by atoms with Crippen molar-refractivity contribution in [2.75, 3.05) is 12.3 Å². The van der Waals surface area contributed by atoms with Crippen LogP contribution in [0.3, 0.4) is 0 Å². The van der Waals surface area contributed by atoms with E-state index in [0.717, 1.165) is 11.2 Å². The first kappa shape index (κ1) is 32.1. The van der Waals surface area contributed by atoms with Gasteiger partial charge in [-0.05, 0) is 0 Å². The summed E-state index contributed by atoms with van der Waals surface area (Å²) in [6.07, 6.45) is 3.65. The average Bonchev–Trinajstić information content (AvgIpc) is 3.13. The molecule has 0 N–H and O–H groups in total. The van der Waals surface area contributed by atoms with E-state index in [0.29, 0.717) is 6.16 Å².